The molecule has 0 bridgehead atoms. The van der Waals surface area contributed by atoms with Crippen LogP contribution in [-0.4, -0.2) is 74.5 Å². The van der Waals surface area contributed by atoms with Crippen LogP contribution in [0.25, 0.3) is 15.3 Å². The lowest BCUT2D eigenvalue weighted by molar-refractivity contribution is -0.123. The van der Waals surface area contributed by atoms with Gasteiger partial charge in [0.25, 0.3) is 5.91 Å². The SMILES string of the molecule is CC1CN(CC(=O)NC2=CNC(C)C(NC(=O)c3cnn4cc(-c5cnn(C)c5)sc34)=C2)CCO1. The van der Waals surface area contributed by atoms with Crippen molar-refractivity contribution in [2.45, 2.75) is 26.0 Å². The number of rotatable bonds is 6. The molecule has 184 valence electrons. The first-order chi connectivity index (χ1) is 16.9. The lowest BCUT2D eigenvalue weighted by Gasteiger charge is -2.30. The van der Waals surface area contributed by atoms with Crippen molar-refractivity contribution in [2.24, 2.45) is 7.05 Å². The summed E-state index contributed by atoms with van der Waals surface area (Å²) in [6.45, 7) is 6.32. The zero-order chi connectivity index (χ0) is 24.5. The molecule has 0 aliphatic carbocycles. The van der Waals surface area contributed by atoms with Crippen molar-refractivity contribution in [3.63, 3.8) is 0 Å². The van der Waals surface area contributed by atoms with Gasteiger partial charge < -0.3 is 20.7 Å². The zero-order valence-corrected chi connectivity index (χ0v) is 20.6. The second-order valence-electron chi connectivity index (χ2n) is 8.81. The molecule has 3 N–H and O–H groups in total. The van der Waals surface area contributed by atoms with E-state index in [1.165, 1.54) is 11.3 Å². The minimum absolute atomic E-state index is 0.108. The van der Waals surface area contributed by atoms with Crippen LogP contribution in [0.5, 0.6) is 0 Å². The van der Waals surface area contributed by atoms with Crippen LogP contribution in [0.3, 0.4) is 0 Å². The fraction of sp³-hybridized carbons (Fsp3) is 0.391. The van der Waals surface area contributed by atoms with Crippen LogP contribution < -0.4 is 16.0 Å². The standard InChI is InChI=1S/C23H28N8O3S/c1-14-10-30(4-5-34-14)13-21(32)27-17-6-19(15(2)24-8-17)28-22(33)18-9-26-31-12-20(35-23(18)31)16-7-25-29(3)11-16/h6-9,11-12,14-15,24H,4-5,10,13H2,1-3H3,(H,27,32)(H,28,33). The molecule has 2 amide bonds. The third-order valence-corrected chi connectivity index (χ3v) is 7.09. The molecule has 5 heterocycles. The van der Waals surface area contributed by atoms with Gasteiger partial charge in [0.05, 0.1) is 53.8 Å². The van der Waals surface area contributed by atoms with Gasteiger partial charge in [0.15, 0.2) is 0 Å². The predicted octanol–water partition coefficient (Wildman–Crippen LogP) is 1.08. The van der Waals surface area contributed by atoms with E-state index in [0.29, 0.717) is 30.1 Å². The van der Waals surface area contributed by atoms with E-state index in [-0.39, 0.29) is 24.0 Å². The summed E-state index contributed by atoms with van der Waals surface area (Å²) in [5, 5.41) is 17.6. The number of dihydropyridines is 1. The van der Waals surface area contributed by atoms with E-state index >= 15 is 0 Å². The van der Waals surface area contributed by atoms with E-state index in [2.05, 4.69) is 31.0 Å². The maximum atomic E-state index is 13.1. The summed E-state index contributed by atoms with van der Waals surface area (Å²) in [6.07, 6.45) is 10.8. The Morgan fingerprint density at radius 1 is 1.23 bits per heavy atom. The Balaban J connectivity index is 1.26. The van der Waals surface area contributed by atoms with E-state index in [0.717, 1.165) is 28.4 Å². The van der Waals surface area contributed by atoms with Crippen molar-refractivity contribution in [2.75, 3.05) is 26.2 Å². The smallest absolute Gasteiger partial charge is 0.260 e. The zero-order valence-electron chi connectivity index (χ0n) is 19.8. The highest BCUT2D eigenvalue weighted by molar-refractivity contribution is 7.21. The normalized spacial score (nSPS) is 20.8. The number of nitrogens with one attached hydrogen (secondary N) is 3. The maximum absolute atomic E-state index is 13.1. The summed E-state index contributed by atoms with van der Waals surface area (Å²) in [5.74, 6) is -0.363. The number of carbonyl (C=O) groups excluding carboxylic acids is 2. The Kier molecular flexibility index (Phi) is 6.41. The van der Waals surface area contributed by atoms with Gasteiger partial charge in [0.2, 0.25) is 5.91 Å². The highest BCUT2D eigenvalue weighted by atomic mass is 32.1. The van der Waals surface area contributed by atoms with Gasteiger partial charge in [-0.1, -0.05) is 0 Å². The Hall–Kier alpha value is -3.48. The first-order valence-corrected chi connectivity index (χ1v) is 12.3. The lowest BCUT2D eigenvalue weighted by Crippen LogP contribution is -2.46. The number of nitrogens with zero attached hydrogens (tertiary/aromatic N) is 5. The number of carbonyl (C=O) groups is 2. The van der Waals surface area contributed by atoms with Gasteiger partial charge >= 0.3 is 0 Å². The maximum Gasteiger partial charge on any atom is 0.260 e. The molecule has 12 heteroatoms. The second-order valence-corrected chi connectivity index (χ2v) is 9.84. The Labute approximate surface area is 206 Å². The number of hydrogen-bond acceptors (Lipinski definition) is 8. The minimum atomic E-state index is -0.255. The molecule has 1 saturated heterocycles. The van der Waals surface area contributed by atoms with Gasteiger partial charge in [-0.15, -0.1) is 11.3 Å². The lowest BCUT2D eigenvalue weighted by atomic mass is 10.1. The molecule has 0 saturated carbocycles. The van der Waals surface area contributed by atoms with Crippen LogP contribution in [0, 0.1) is 0 Å². The second kappa shape index (κ2) is 9.64. The number of allylic oxidation sites excluding steroid dienone is 1. The highest BCUT2D eigenvalue weighted by Gasteiger charge is 2.23. The minimum Gasteiger partial charge on any atom is -0.381 e. The predicted molar refractivity (Wildman–Crippen MR) is 131 cm³/mol. The van der Waals surface area contributed by atoms with Gasteiger partial charge in [0, 0.05) is 50.0 Å². The van der Waals surface area contributed by atoms with E-state index in [1.54, 1.807) is 33.9 Å². The first-order valence-electron chi connectivity index (χ1n) is 11.4. The molecule has 35 heavy (non-hydrogen) atoms. The summed E-state index contributed by atoms with van der Waals surface area (Å²) in [6, 6.07) is -0.125. The van der Waals surface area contributed by atoms with Crippen LogP contribution >= 0.6 is 11.3 Å². The molecule has 2 unspecified atom stereocenters. The average molecular weight is 497 g/mol. The summed E-state index contributed by atoms with van der Waals surface area (Å²) in [5.41, 5.74) is 2.72. The van der Waals surface area contributed by atoms with Crippen molar-refractivity contribution in [1.82, 2.24) is 40.2 Å². The summed E-state index contributed by atoms with van der Waals surface area (Å²) in [7, 11) is 1.86. The molecule has 5 rings (SSSR count). The molecule has 1 fully saturated rings. The molecule has 2 aliphatic rings. The molecule has 2 atom stereocenters. The molecule has 3 aromatic heterocycles. The fourth-order valence-electron chi connectivity index (χ4n) is 4.12. The van der Waals surface area contributed by atoms with Crippen LogP contribution in [0.2, 0.25) is 0 Å². The molecule has 0 aromatic carbocycles. The van der Waals surface area contributed by atoms with Crippen molar-refractivity contribution in [3.8, 4) is 10.4 Å². The van der Waals surface area contributed by atoms with Crippen LogP contribution in [0.15, 0.2) is 48.5 Å². The monoisotopic (exact) mass is 496 g/mol. The van der Waals surface area contributed by atoms with E-state index in [9.17, 15) is 9.59 Å². The van der Waals surface area contributed by atoms with E-state index in [4.69, 9.17) is 4.74 Å². The van der Waals surface area contributed by atoms with Crippen molar-refractivity contribution in [3.05, 3.63) is 54.0 Å². The molecular weight excluding hydrogens is 468 g/mol. The van der Waals surface area contributed by atoms with Gasteiger partial charge in [-0.25, -0.2) is 4.52 Å². The summed E-state index contributed by atoms with van der Waals surface area (Å²) >= 11 is 1.48. The molecule has 0 spiro atoms. The van der Waals surface area contributed by atoms with Gasteiger partial charge in [-0.3, -0.25) is 19.2 Å². The van der Waals surface area contributed by atoms with Crippen molar-refractivity contribution in [1.29, 1.82) is 0 Å². The van der Waals surface area contributed by atoms with Crippen molar-refractivity contribution < 1.29 is 14.3 Å². The number of morpholine rings is 1. The number of aryl methyl sites for hydroxylation is 1. The van der Waals surface area contributed by atoms with Gasteiger partial charge in [0.1, 0.15) is 4.83 Å². The van der Waals surface area contributed by atoms with Crippen LogP contribution in [0.1, 0.15) is 24.2 Å². The first kappa shape index (κ1) is 23.3. The molecule has 11 nitrogen and oxygen atoms in total. The van der Waals surface area contributed by atoms with Crippen LogP contribution in [-0.2, 0) is 16.6 Å². The Bertz CT molecular complexity index is 1320. The number of ether oxygens (including phenoxy) is 1. The Morgan fingerprint density at radius 2 is 2.09 bits per heavy atom. The average Bonchev–Trinajstić information content (AvgIpc) is 3.51. The number of hydrogen-bond donors (Lipinski definition) is 3. The number of amides is 2. The Morgan fingerprint density at radius 3 is 2.86 bits per heavy atom. The molecule has 2 aliphatic heterocycles. The third kappa shape index (κ3) is 5.14. The summed E-state index contributed by atoms with van der Waals surface area (Å²) in [4.78, 5) is 29.5. The number of aromatic nitrogens is 4. The van der Waals surface area contributed by atoms with Gasteiger partial charge in [-0.05, 0) is 19.9 Å². The largest absolute Gasteiger partial charge is 0.381 e. The number of thiazole rings is 1. The van der Waals surface area contributed by atoms with Crippen molar-refractivity contribution >= 4 is 28.0 Å². The fourth-order valence-corrected chi connectivity index (χ4v) is 5.15. The quantitative estimate of drug-likeness (QED) is 0.467. The highest BCUT2D eigenvalue weighted by Crippen LogP contribution is 2.30. The molecule has 3 aromatic rings. The van der Waals surface area contributed by atoms with Crippen LogP contribution in [0.4, 0.5) is 0 Å². The number of fused-ring (bicyclic) bond motifs is 1. The van der Waals surface area contributed by atoms with E-state index in [1.807, 2.05) is 33.3 Å². The molecular formula is C23H28N8O3S. The topological polar surface area (TPSA) is 118 Å². The van der Waals surface area contributed by atoms with Gasteiger partial charge in [-0.2, -0.15) is 10.2 Å². The molecule has 0 radical (unpaired) electrons. The van der Waals surface area contributed by atoms with E-state index < -0.39 is 0 Å². The summed E-state index contributed by atoms with van der Waals surface area (Å²) < 4.78 is 8.97. The third-order valence-electron chi connectivity index (χ3n) is 5.93.